The van der Waals surface area contributed by atoms with Crippen molar-refractivity contribution in [3.8, 4) is 0 Å². The van der Waals surface area contributed by atoms with Crippen molar-refractivity contribution >= 4 is 27.5 Å². The van der Waals surface area contributed by atoms with Crippen LogP contribution in [-0.4, -0.2) is 50.5 Å². The van der Waals surface area contributed by atoms with Gasteiger partial charge in [-0.25, -0.2) is 8.42 Å². The molecular formula is C31H39N3O4S. The maximum absolute atomic E-state index is 14.0. The summed E-state index contributed by atoms with van der Waals surface area (Å²) in [6.07, 6.45) is 3.14. The molecule has 0 aromatic heterocycles. The summed E-state index contributed by atoms with van der Waals surface area (Å²) in [7, 11) is -3.77. The lowest BCUT2D eigenvalue weighted by molar-refractivity contribution is -0.140. The van der Waals surface area contributed by atoms with E-state index < -0.39 is 28.5 Å². The lowest BCUT2D eigenvalue weighted by atomic mass is 10.0. The third-order valence-corrected chi connectivity index (χ3v) is 7.72. The fourth-order valence-corrected chi connectivity index (χ4v) is 5.12. The van der Waals surface area contributed by atoms with Crippen molar-refractivity contribution in [2.24, 2.45) is 0 Å². The third-order valence-electron chi connectivity index (χ3n) is 6.58. The Morgan fingerprint density at radius 3 is 2.00 bits per heavy atom. The summed E-state index contributed by atoms with van der Waals surface area (Å²) < 4.78 is 26.7. The van der Waals surface area contributed by atoms with Crippen molar-refractivity contribution < 1.29 is 18.0 Å². The van der Waals surface area contributed by atoms with E-state index in [1.165, 1.54) is 4.90 Å². The largest absolute Gasteiger partial charge is 0.354 e. The van der Waals surface area contributed by atoms with Crippen molar-refractivity contribution in [3.05, 3.63) is 101 Å². The Morgan fingerprint density at radius 2 is 1.44 bits per heavy atom. The van der Waals surface area contributed by atoms with E-state index >= 15 is 0 Å². The number of nitrogens with one attached hydrogen (secondary N) is 1. The van der Waals surface area contributed by atoms with Crippen LogP contribution in [0.3, 0.4) is 0 Å². The maximum Gasteiger partial charge on any atom is 0.244 e. The smallest absolute Gasteiger partial charge is 0.244 e. The van der Waals surface area contributed by atoms with Crippen LogP contribution in [0.5, 0.6) is 0 Å². The molecule has 8 heteroatoms. The first-order chi connectivity index (χ1) is 18.6. The lowest BCUT2D eigenvalue weighted by Gasteiger charge is -2.33. The summed E-state index contributed by atoms with van der Waals surface area (Å²) in [5.74, 6) is -0.706. The Bertz CT molecular complexity index is 1320. The predicted octanol–water partition coefficient (Wildman–Crippen LogP) is 4.63. The van der Waals surface area contributed by atoms with Gasteiger partial charge < -0.3 is 10.2 Å². The van der Waals surface area contributed by atoms with Crippen LogP contribution in [0, 0.1) is 13.8 Å². The fraction of sp³-hybridized carbons (Fsp3) is 0.355. The van der Waals surface area contributed by atoms with Gasteiger partial charge in [-0.1, -0.05) is 91.2 Å². The van der Waals surface area contributed by atoms with Crippen LogP contribution in [0.2, 0.25) is 0 Å². The molecule has 1 atom stereocenters. The second-order valence-corrected chi connectivity index (χ2v) is 11.9. The molecule has 208 valence electrons. The van der Waals surface area contributed by atoms with Gasteiger partial charge in [0.15, 0.2) is 0 Å². The molecule has 0 aliphatic rings. The fourth-order valence-electron chi connectivity index (χ4n) is 4.28. The van der Waals surface area contributed by atoms with Crippen LogP contribution < -0.4 is 9.62 Å². The molecule has 0 fully saturated rings. The van der Waals surface area contributed by atoms with E-state index in [0.29, 0.717) is 18.7 Å². The number of nitrogens with zero attached hydrogens (tertiary/aromatic N) is 2. The Kier molecular flexibility index (Phi) is 10.7. The highest BCUT2D eigenvalue weighted by atomic mass is 32.2. The Balaban J connectivity index is 2.01. The number of aryl methyl sites for hydroxylation is 2. The topological polar surface area (TPSA) is 86.8 Å². The summed E-state index contributed by atoms with van der Waals surface area (Å²) in [4.78, 5) is 29.1. The number of sulfonamides is 1. The van der Waals surface area contributed by atoms with Gasteiger partial charge in [0.25, 0.3) is 0 Å². The molecule has 3 aromatic rings. The van der Waals surface area contributed by atoms with Gasteiger partial charge in [-0.2, -0.15) is 0 Å². The molecule has 39 heavy (non-hydrogen) atoms. The van der Waals surface area contributed by atoms with Crippen LogP contribution >= 0.6 is 0 Å². The van der Waals surface area contributed by atoms with E-state index in [2.05, 4.69) is 5.32 Å². The molecule has 0 saturated carbocycles. The Labute approximate surface area is 232 Å². The molecule has 1 N–H and O–H groups in total. The molecule has 0 radical (unpaired) electrons. The predicted molar refractivity (Wildman–Crippen MR) is 157 cm³/mol. The first-order valence-corrected chi connectivity index (χ1v) is 15.1. The van der Waals surface area contributed by atoms with Gasteiger partial charge in [0.2, 0.25) is 21.8 Å². The van der Waals surface area contributed by atoms with E-state index in [1.807, 2.05) is 75.4 Å². The van der Waals surface area contributed by atoms with Crippen LogP contribution in [0.15, 0.2) is 78.9 Å². The van der Waals surface area contributed by atoms with Gasteiger partial charge in [0.1, 0.15) is 12.6 Å². The van der Waals surface area contributed by atoms with E-state index in [1.54, 1.807) is 24.3 Å². The molecule has 2 amide bonds. The maximum atomic E-state index is 14.0. The number of unbranched alkanes of at least 4 members (excludes halogenated alkanes) is 1. The molecular weight excluding hydrogens is 510 g/mol. The van der Waals surface area contributed by atoms with Gasteiger partial charge in [-0.15, -0.1) is 0 Å². The molecule has 0 saturated heterocycles. The number of anilines is 1. The molecule has 3 aromatic carbocycles. The molecule has 0 spiro atoms. The van der Waals surface area contributed by atoms with Crippen molar-refractivity contribution in [2.75, 3.05) is 23.7 Å². The normalized spacial score (nSPS) is 12.0. The minimum Gasteiger partial charge on any atom is -0.354 e. The van der Waals surface area contributed by atoms with Crippen molar-refractivity contribution in [1.82, 2.24) is 10.2 Å². The molecule has 0 bridgehead atoms. The van der Waals surface area contributed by atoms with Crippen molar-refractivity contribution in [3.63, 3.8) is 0 Å². The van der Waals surface area contributed by atoms with Gasteiger partial charge in [0, 0.05) is 19.5 Å². The highest BCUT2D eigenvalue weighted by molar-refractivity contribution is 7.92. The Hall–Kier alpha value is -3.65. The third kappa shape index (κ3) is 8.96. The highest BCUT2D eigenvalue weighted by Crippen LogP contribution is 2.21. The van der Waals surface area contributed by atoms with E-state index in [4.69, 9.17) is 0 Å². The van der Waals surface area contributed by atoms with E-state index in [9.17, 15) is 18.0 Å². The average Bonchev–Trinajstić information content (AvgIpc) is 2.91. The molecule has 3 rings (SSSR count). The van der Waals surface area contributed by atoms with Crippen LogP contribution in [0.25, 0.3) is 0 Å². The summed E-state index contributed by atoms with van der Waals surface area (Å²) >= 11 is 0. The average molecular weight is 550 g/mol. The zero-order chi connectivity index (χ0) is 28.4. The summed E-state index contributed by atoms with van der Waals surface area (Å²) in [5.41, 5.74) is 4.23. The molecule has 0 unspecified atom stereocenters. The molecule has 0 heterocycles. The standard InChI is InChI=1S/C31H39N3O4S/c1-5-6-20-32-31(36)29(21-26-10-8-7-9-11-26)33(22-27-16-12-24(2)13-17-27)30(35)23-34(39(4,37)38)28-18-14-25(3)15-19-28/h7-19,29H,5-6,20-23H2,1-4H3,(H,32,36)/t29-/m0/s1. The number of amides is 2. The first kappa shape index (κ1) is 29.9. The van der Waals surface area contributed by atoms with Gasteiger partial charge in [-0.3, -0.25) is 13.9 Å². The number of hydrogen-bond donors (Lipinski definition) is 1. The molecule has 0 aliphatic carbocycles. The van der Waals surface area contributed by atoms with E-state index in [0.717, 1.165) is 45.7 Å². The number of rotatable bonds is 13. The van der Waals surface area contributed by atoms with Gasteiger partial charge in [-0.05, 0) is 43.5 Å². The minimum atomic E-state index is -3.77. The van der Waals surface area contributed by atoms with Gasteiger partial charge >= 0.3 is 0 Å². The Morgan fingerprint density at radius 1 is 0.846 bits per heavy atom. The number of hydrogen-bond acceptors (Lipinski definition) is 4. The second-order valence-electron chi connectivity index (χ2n) is 9.96. The number of carbonyl (C=O) groups excluding carboxylic acids is 2. The minimum absolute atomic E-state index is 0.170. The molecule has 0 aliphatic heterocycles. The van der Waals surface area contributed by atoms with Crippen LogP contribution in [-0.2, 0) is 32.6 Å². The van der Waals surface area contributed by atoms with Crippen molar-refractivity contribution in [2.45, 2.75) is 52.6 Å². The number of carbonyl (C=O) groups is 2. The summed E-state index contributed by atoms with van der Waals surface area (Å²) in [6, 6.07) is 23.5. The van der Waals surface area contributed by atoms with Gasteiger partial charge in [0.05, 0.1) is 11.9 Å². The van der Waals surface area contributed by atoms with Crippen LogP contribution in [0.4, 0.5) is 5.69 Å². The lowest BCUT2D eigenvalue weighted by Crippen LogP contribution is -2.53. The quantitative estimate of drug-likeness (QED) is 0.315. The SMILES string of the molecule is CCCCNC(=O)[C@H](Cc1ccccc1)N(Cc1ccc(C)cc1)C(=O)CN(c1ccc(C)cc1)S(C)(=O)=O. The van der Waals surface area contributed by atoms with Crippen LogP contribution in [0.1, 0.15) is 42.0 Å². The monoisotopic (exact) mass is 549 g/mol. The van der Waals surface area contributed by atoms with E-state index in [-0.39, 0.29) is 12.5 Å². The highest BCUT2D eigenvalue weighted by Gasteiger charge is 2.32. The first-order valence-electron chi connectivity index (χ1n) is 13.3. The molecule has 7 nitrogen and oxygen atoms in total. The zero-order valence-corrected chi connectivity index (χ0v) is 24.1. The second kappa shape index (κ2) is 13.9. The zero-order valence-electron chi connectivity index (χ0n) is 23.3. The summed E-state index contributed by atoms with van der Waals surface area (Å²) in [5, 5.41) is 2.99. The number of benzene rings is 3. The summed E-state index contributed by atoms with van der Waals surface area (Å²) in [6.45, 7) is 6.20. The van der Waals surface area contributed by atoms with Crippen molar-refractivity contribution in [1.29, 1.82) is 0 Å².